The van der Waals surface area contributed by atoms with Gasteiger partial charge in [0.15, 0.2) is 11.4 Å². The van der Waals surface area contributed by atoms with Crippen molar-refractivity contribution in [3.63, 3.8) is 0 Å². The predicted molar refractivity (Wildman–Crippen MR) is 93.0 cm³/mol. The summed E-state index contributed by atoms with van der Waals surface area (Å²) in [5.74, 6) is -1.28. The minimum atomic E-state index is -0.508. The Morgan fingerprint density at radius 1 is 1.08 bits per heavy atom. The standard InChI is InChI=1S/C18H20FN5O2/c19-13-5-3-12(4-6-13)10-23-17(25)15-16(22-9-8-21-15)18(26)24-11-14-2-1-7-20-14/h3-6,8-9,14,20H,1-2,7,10-11H2,(H,23,25)(H,24,26). The molecule has 1 aliphatic rings. The van der Waals surface area contributed by atoms with E-state index in [1.165, 1.54) is 24.5 Å². The molecule has 1 aromatic carbocycles. The molecule has 7 nitrogen and oxygen atoms in total. The molecule has 3 N–H and O–H groups in total. The van der Waals surface area contributed by atoms with Crippen molar-refractivity contribution >= 4 is 11.8 Å². The SMILES string of the molecule is O=C(NCc1ccc(F)cc1)c1nccnc1C(=O)NCC1CCCN1. The zero-order valence-electron chi connectivity index (χ0n) is 14.2. The van der Waals surface area contributed by atoms with Crippen LogP contribution in [0.2, 0.25) is 0 Å². The average Bonchev–Trinajstić information content (AvgIpc) is 3.19. The van der Waals surface area contributed by atoms with Crippen LogP contribution in [-0.2, 0) is 6.54 Å². The van der Waals surface area contributed by atoms with Crippen molar-refractivity contribution in [3.8, 4) is 0 Å². The van der Waals surface area contributed by atoms with E-state index in [1.807, 2.05) is 0 Å². The van der Waals surface area contributed by atoms with Crippen LogP contribution in [0.5, 0.6) is 0 Å². The average molecular weight is 357 g/mol. The summed E-state index contributed by atoms with van der Waals surface area (Å²) >= 11 is 0. The molecule has 1 unspecified atom stereocenters. The molecule has 3 rings (SSSR count). The molecule has 0 saturated carbocycles. The van der Waals surface area contributed by atoms with E-state index >= 15 is 0 Å². The van der Waals surface area contributed by atoms with Gasteiger partial charge in [-0.1, -0.05) is 12.1 Å². The van der Waals surface area contributed by atoms with Crippen LogP contribution in [0, 0.1) is 5.82 Å². The Kier molecular flexibility index (Phi) is 5.85. The van der Waals surface area contributed by atoms with E-state index in [1.54, 1.807) is 12.1 Å². The lowest BCUT2D eigenvalue weighted by molar-refractivity contribution is 0.0908. The fourth-order valence-electron chi connectivity index (χ4n) is 2.77. The fourth-order valence-corrected chi connectivity index (χ4v) is 2.77. The summed E-state index contributed by atoms with van der Waals surface area (Å²) in [6.07, 6.45) is 4.83. The normalized spacial score (nSPS) is 16.3. The van der Waals surface area contributed by atoms with Crippen molar-refractivity contribution in [3.05, 3.63) is 59.4 Å². The van der Waals surface area contributed by atoms with E-state index in [2.05, 4.69) is 25.9 Å². The lowest BCUT2D eigenvalue weighted by Gasteiger charge is -2.12. The quantitative estimate of drug-likeness (QED) is 0.718. The van der Waals surface area contributed by atoms with Crippen molar-refractivity contribution in [2.45, 2.75) is 25.4 Å². The molecule has 2 amide bonds. The molecule has 1 atom stereocenters. The number of carbonyl (C=O) groups excluding carboxylic acids is 2. The molecule has 1 aromatic heterocycles. The second-order valence-electron chi connectivity index (χ2n) is 6.07. The van der Waals surface area contributed by atoms with E-state index in [9.17, 15) is 14.0 Å². The van der Waals surface area contributed by atoms with Gasteiger partial charge in [0.25, 0.3) is 11.8 Å². The lowest BCUT2D eigenvalue weighted by Crippen LogP contribution is -2.38. The van der Waals surface area contributed by atoms with Gasteiger partial charge in [0, 0.05) is 31.5 Å². The minimum Gasteiger partial charge on any atom is -0.349 e. The number of benzene rings is 1. The maximum absolute atomic E-state index is 12.9. The van der Waals surface area contributed by atoms with E-state index < -0.39 is 11.8 Å². The molecular weight excluding hydrogens is 337 g/mol. The Balaban J connectivity index is 1.62. The van der Waals surface area contributed by atoms with Crippen LogP contribution in [0.3, 0.4) is 0 Å². The van der Waals surface area contributed by atoms with Gasteiger partial charge in [-0.25, -0.2) is 14.4 Å². The first-order valence-corrected chi connectivity index (χ1v) is 8.48. The minimum absolute atomic E-state index is 0.0119. The first-order chi connectivity index (χ1) is 12.6. The van der Waals surface area contributed by atoms with Crippen LogP contribution >= 0.6 is 0 Å². The number of carbonyl (C=O) groups is 2. The molecule has 1 saturated heterocycles. The van der Waals surface area contributed by atoms with Gasteiger partial charge in [0.2, 0.25) is 0 Å². The zero-order valence-corrected chi connectivity index (χ0v) is 14.2. The van der Waals surface area contributed by atoms with Gasteiger partial charge in [-0.3, -0.25) is 9.59 Å². The molecule has 0 aliphatic carbocycles. The number of hydrogen-bond donors (Lipinski definition) is 3. The van der Waals surface area contributed by atoms with E-state index in [0.717, 1.165) is 24.9 Å². The Morgan fingerprint density at radius 3 is 2.35 bits per heavy atom. The van der Waals surface area contributed by atoms with Gasteiger partial charge in [-0.15, -0.1) is 0 Å². The first-order valence-electron chi connectivity index (χ1n) is 8.48. The van der Waals surface area contributed by atoms with Gasteiger partial charge in [0.1, 0.15) is 5.82 Å². The van der Waals surface area contributed by atoms with Crippen LogP contribution in [0.4, 0.5) is 4.39 Å². The summed E-state index contributed by atoms with van der Waals surface area (Å²) in [4.78, 5) is 32.8. The number of aromatic nitrogens is 2. The summed E-state index contributed by atoms with van der Waals surface area (Å²) in [6.45, 7) is 1.62. The molecule has 1 fully saturated rings. The number of halogens is 1. The smallest absolute Gasteiger partial charge is 0.272 e. The number of nitrogens with zero attached hydrogens (tertiary/aromatic N) is 2. The van der Waals surface area contributed by atoms with Gasteiger partial charge in [-0.2, -0.15) is 0 Å². The second-order valence-corrected chi connectivity index (χ2v) is 6.07. The van der Waals surface area contributed by atoms with Crippen molar-refractivity contribution in [2.24, 2.45) is 0 Å². The van der Waals surface area contributed by atoms with E-state index in [-0.39, 0.29) is 29.8 Å². The van der Waals surface area contributed by atoms with Crippen molar-refractivity contribution in [1.29, 1.82) is 0 Å². The molecule has 1 aliphatic heterocycles. The summed E-state index contributed by atoms with van der Waals surface area (Å²) < 4.78 is 12.9. The van der Waals surface area contributed by atoms with Crippen molar-refractivity contribution in [2.75, 3.05) is 13.1 Å². The third kappa shape index (κ3) is 4.60. The summed E-state index contributed by atoms with van der Waals surface area (Å²) in [5.41, 5.74) is 0.690. The van der Waals surface area contributed by atoms with Crippen LogP contribution in [0.15, 0.2) is 36.7 Å². The highest BCUT2D eigenvalue weighted by Gasteiger charge is 2.21. The van der Waals surface area contributed by atoms with Crippen LogP contribution in [0.25, 0.3) is 0 Å². The van der Waals surface area contributed by atoms with Crippen LogP contribution in [-0.4, -0.2) is 40.9 Å². The summed E-state index contributed by atoms with van der Waals surface area (Å²) in [5, 5.41) is 8.75. The number of rotatable bonds is 6. The third-order valence-electron chi connectivity index (χ3n) is 4.17. The first kappa shape index (κ1) is 17.9. The number of hydrogen-bond acceptors (Lipinski definition) is 5. The van der Waals surface area contributed by atoms with Gasteiger partial charge >= 0.3 is 0 Å². The van der Waals surface area contributed by atoms with Gasteiger partial charge in [0.05, 0.1) is 0 Å². The van der Waals surface area contributed by atoms with Crippen molar-refractivity contribution in [1.82, 2.24) is 25.9 Å². The van der Waals surface area contributed by atoms with Crippen LogP contribution in [0.1, 0.15) is 39.4 Å². The Morgan fingerprint density at radius 2 is 1.73 bits per heavy atom. The number of nitrogens with one attached hydrogen (secondary N) is 3. The van der Waals surface area contributed by atoms with Crippen molar-refractivity contribution < 1.29 is 14.0 Å². The monoisotopic (exact) mass is 357 g/mol. The Hall–Kier alpha value is -2.87. The Labute approximate surface area is 150 Å². The summed E-state index contributed by atoms with van der Waals surface area (Å²) in [6, 6.07) is 6.04. The van der Waals surface area contributed by atoms with Gasteiger partial charge < -0.3 is 16.0 Å². The molecule has 0 spiro atoms. The maximum Gasteiger partial charge on any atom is 0.272 e. The highest BCUT2D eigenvalue weighted by atomic mass is 19.1. The predicted octanol–water partition coefficient (Wildman–Crippen LogP) is 1.03. The largest absolute Gasteiger partial charge is 0.349 e. The highest BCUT2D eigenvalue weighted by Crippen LogP contribution is 2.07. The van der Waals surface area contributed by atoms with Gasteiger partial charge in [-0.05, 0) is 37.1 Å². The lowest BCUT2D eigenvalue weighted by atomic mass is 10.2. The topological polar surface area (TPSA) is 96.0 Å². The molecule has 0 radical (unpaired) electrons. The molecule has 2 heterocycles. The number of amides is 2. The fraction of sp³-hybridized carbons (Fsp3) is 0.333. The molecule has 26 heavy (non-hydrogen) atoms. The highest BCUT2D eigenvalue weighted by molar-refractivity contribution is 6.04. The zero-order chi connectivity index (χ0) is 18.4. The van der Waals surface area contributed by atoms with E-state index in [4.69, 9.17) is 0 Å². The molecule has 0 bridgehead atoms. The summed E-state index contributed by atoms with van der Waals surface area (Å²) in [7, 11) is 0. The molecular formula is C18H20FN5O2. The third-order valence-corrected chi connectivity index (χ3v) is 4.17. The molecule has 136 valence electrons. The maximum atomic E-state index is 12.9. The van der Waals surface area contributed by atoms with Crippen LogP contribution < -0.4 is 16.0 Å². The molecule has 2 aromatic rings. The second kappa shape index (κ2) is 8.48. The van der Waals surface area contributed by atoms with E-state index in [0.29, 0.717) is 6.54 Å². The Bertz CT molecular complexity index is 775. The molecule has 8 heteroatoms.